The Hall–Kier alpha value is -1.29. The smallest absolute Gasteiger partial charge is 0.234 e. The minimum absolute atomic E-state index is 0.0155. The number of hydrogen-bond donors (Lipinski definition) is 2. The number of likely N-dealkylation sites (N-methyl/N-ethyl adjacent to an activating group) is 1. The molecule has 0 spiro atoms. The van der Waals surface area contributed by atoms with Crippen LogP contribution >= 0.6 is 0 Å². The molecule has 0 unspecified atom stereocenters. The van der Waals surface area contributed by atoms with Gasteiger partial charge >= 0.3 is 0 Å². The zero-order valence-corrected chi connectivity index (χ0v) is 7.67. The van der Waals surface area contributed by atoms with Gasteiger partial charge in [0.05, 0.1) is 19.4 Å². The molecular weight excluding hydrogens is 168 g/mol. The fourth-order valence-corrected chi connectivity index (χ4v) is 0.900. The molecule has 0 fully saturated rings. The quantitative estimate of drug-likeness (QED) is 0.697. The Morgan fingerprint density at radius 2 is 2.46 bits per heavy atom. The van der Waals surface area contributed by atoms with E-state index < -0.39 is 0 Å². The third kappa shape index (κ3) is 3.75. The molecule has 1 amide bonds. The van der Waals surface area contributed by atoms with Gasteiger partial charge in [0, 0.05) is 0 Å². The molecule has 0 atom stereocenters. The molecule has 0 aromatic carbocycles. The van der Waals surface area contributed by atoms with Crippen LogP contribution in [0, 0.1) is 0 Å². The van der Waals surface area contributed by atoms with Crippen LogP contribution in [0.15, 0.2) is 22.8 Å². The summed E-state index contributed by atoms with van der Waals surface area (Å²) in [6, 6.07) is 3.62. The van der Waals surface area contributed by atoms with Gasteiger partial charge in [-0.15, -0.1) is 0 Å². The van der Waals surface area contributed by atoms with Crippen LogP contribution in [-0.2, 0) is 11.3 Å². The van der Waals surface area contributed by atoms with Gasteiger partial charge in [-0.3, -0.25) is 4.79 Å². The first-order valence-electron chi connectivity index (χ1n) is 4.32. The van der Waals surface area contributed by atoms with Crippen molar-refractivity contribution in [1.82, 2.24) is 10.6 Å². The molecule has 4 heteroatoms. The van der Waals surface area contributed by atoms with E-state index in [2.05, 4.69) is 10.6 Å². The van der Waals surface area contributed by atoms with E-state index >= 15 is 0 Å². The third-order valence-corrected chi connectivity index (χ3v) is 1.58. The van der Waals surface area contributed by atoms with Gasteiger partial charge < -0.3 is 15.1 Å². The normalized spacial score (nSPS) is 9.92. The van der Waals surface area contributed by atoms with Crippen molar-refractivity contribution in [1.29, 1.82) is 0 Å². The van der Waals surface area contributed by atoms with Crippen LogP contribution < -0.4 is 10.6 Å². The maximum Gasteiger partial charge on any atom is 0.234 e. The summed E-state index contributed by atoms with van der Waals surface area (Å²) in [4.78, 5) is 11.1. The van der Waals surface area contributed by atoms with Gasteiger partial charge in [-0.25, -0.2) is 0 Å². The topological polar surface area (TPSA) is 54.3 Å². The maximum atomic E-state index is 11.1. The van der Waals surface area contributed by atoms with Crippen molar-refractivity contribution in [3.8, 4) is 0 Å². The van der Waals surface area contributed by atoms with Crippen molar-refractivity contribution in [2.45, 2.75) is 13.5 Å². The number of furan rings is 1. The number of nitrogens with one attached hydrogen (secondary N) is 2. The van der Waals surface area contributed by atoms with Crippen molar-refractivity contribution < 1.29 is 9.21 Å². The van der Waals surface area contributed by atoms with Gasteiger partial charge in [-0.1, -0.05) is 6.92 Å². The van der Waals surface area contributed by atoms with Crippen molar-refractivity contribution in [3.63, 3.8) is 0 Å². The summed E-state index contributed by atoms with van der Waals surface area (Å²) in [7, 11) is 0. The first-order chi connectivity index (χ1) is 6.33. The molecule has 0 saturated heterocycles. The number of amides is 1. The molecule has 1 heterocycles. The number of carbonyl (C=O) groups excluding carboxylic acids is 1. The number of carbonyl (C=O) groups is 1. The second-order valence-corrected chi connectivity index (χ2v) is 2.64. The summed E-state index contributed by atoms with van der Waals surface area (Å²) < 4.78 is 5.05. The Balaban J connectivity index is 2.15. The lowest BCUT2D eigenvalue weighted by Crippen LogP contribution is -2.33. The summed E-state index contributed by atoms with van der Waals surface area (Å²) in [5.74, 6) is 0.753. The van der Waals surface area contributed by atoms with E-state index in [1.807, 2.05) is 13.0 Å². The highest BCUT2D eigenvalue weighted by Gasteiger charge is 2.00. The molecule has 0 radical (unpaired) electrons. The van der Waals surface area contributed by atoms with Gasteiger partial charge in [0.1, 0.15) is 5.76 Å². The van der Waals surface area contributed by atoms with Crippen molar-refractivity contribution in [2.24, 2.45) is 0 Å². The van der Waals surface area contributed by atoms with E-state index in [-0.39, 0.29) is 5.91 Å². The van der Waals surface area contributed by atoms with Crippen LogP contribution in [0.4, 0.5) is 0 Å². The minimum atomic E-state index is -0.0155. The average Bonchev–Trinajstić information content (AvgIpc) is 2.64. The van der Waals surface area contributed by atoms with E-state index in [4.69, 9.17) is 4.42 Å². The summed E-state index contributed by atoms with van der Waals surface area (Å²) >= 11 is 0. The lowest BCUT2D eigenvalue weighted by molar-refractivity contribution is -0.120. The largest absolute Gasteiger partial charge is 0.467 e. The predicted octanol–water partition coefficient (Wildman–Crippen LogP) is 0.505. The van der Waals surface area contributed by atoms with Crippen LogP contribution in [0.1, 0.15) is 12.7 Å². The van der Waals surface area contributed by atoms with Gasteiger partial charge in [0.15, 0.2) is 0 Å². The van der Waals surface area contributed by atoms with Crippen LogP contribution in [0.2, 0.25) is 0 Å². The summed E-state index contributed by atoms with van der Waals surface area (Å²) in [6.07, 6.45) is 1.59. The lowest BCUT2D eigenvalue weighted by atomic mass is 10.4. The van der Waals surface area contributed by atoms with Crippen LogP contribution in [0.25, 0.3) is 0 Å². The molecule has 4 nitrogen and oxygen atoms in total. The van der Waals surface area contributed by atoms with Gasteiger partial charge in [-0.2, -0.15) is 0 Å². The van der Waals surface area contributed by atoms with E-state index in [1.54, 1.807) is 12.3 Å². The average molecular weight is 182 g/mol. The zero-order valence-electron chi connectivity index (χ0n) is 7.67. The molecule has 1 aromatic rings. The molecular formula is C9H14N2O2. The fourth-order valence-electron chi connectivity index (χ4n) is 0.900. The first kappa shape index (κ1) is 9.80. The monoisotopic (exact) mass is 182 g/mol. The van der Waals surface area contributed by atoms with Crippen molar-refractivity contribution in [2.75, 3.05) is 13.1 Å². The lowest BCUT2D eigenvalue weighted by Gasteiger charge is -2.02. The van der Waals surface area contributed by atoms with Crippen LogP contribution in [0.5, 0.6) is 0 Å². The standard InChI is InChI=1S/C9H14N2O2/c1-2-10-7-9(12)11-6-8-4-3-5-13-8/h3-5,10H,2,6-7H2,1H3,(H,11,12). The molecule has 2 N–H and O–H groups in total. The Morgan fingerprint density at radius 1 is 1.62 bits per heavy atom. The van der Waals surface area contributed by atoms with Crippen molar-refractivity contribution >= 4 is 5.91 Å². The van der Waals surface area contributed by atoms with E-state index in [9.17, 15) is 4.79 Å². The molecule has 72 valence electrons. The minimum Gasteiger partial charge on any atom is -0.467 e. The molecule has 13 heavy (non-hydrogen) atoms. The van der Waals surface area contributed by atoms with Crippen molar-refractivity contribution in [3.05, 3.63) is 24.2 Å². The Morgan fingerprint density at radius 3 is 3.08 bits per heavy atom. The predicted molar refractivity (Wildman–Crippen MR) is 49.1 cm³/mol. The Bertz CT molecular complexity index is 244. The summed E-state index contributed by atoms with van der Waals surface area (Å²) in [5, 5.41) is 5.66. The van der Waals surface area contributed by atoms with Gasteiger partial charge in [0.2, 0.25) is 5.91 Å². The second-order valence-electron chi connectivity index (χ2n) is 2.64. The molecule has 0 bridgehead atoms. The second kappa shape index (κ2) is 5.37. The fraction of sp³-hybridized carbons (Fsp3) is 0.444. The molecule has 1 aromatic heterocycles. The van der Waals surface area contributed by atoms with Crippen LogP contribution in [0.3, 0.4) is 0 Å². The van der Waals surface area contributed by atoms with E-state index in [1.165, 1.54) is 0 Å². The van der Waals surface area contributed by atoms with E-state index in [0.717, 1.165) is 12.3 Å². The maximum absolute atomic E-state index is 11.1. The van der Waals surface area contributed by atoms with Gasteiger partial charge in [0.25, 0.3) is 0 Å². The summed E-state index contributed by atoms with van der Waals surface area (Å²) in [6.45, 7) is 3.57. The number of hydrogen-bond acceptors (Lipinski definition) is 3. The summed E-state index contributed by atoms with van der Waals surface area (Å²) in [5.41, 5.74) is 0. The highest BCUT2D eigenvalue weighted by Crippen LogP contribution is 1.97. The molecule has 0 aliphatic heterocycles. The third-order valence-electron chi connectivity index (χ3n) is 1.58. The zero-order chi connectivity index (χ0) is 9.52. The molecule has 0 saturated carbocycles. The molecule has 0 aliphatic rings. The Labute approximate surface area is 77.3 Å². The number of rotatable bonds is 5. The highest BCUT2D eigenvalue weighted by atomic mass is 16.3. The highest BCUT2D eigenvalue weighted by molar-refractivity contribution is 5.77. The van der Waals surface area contributed by atoms with Gasteiger partial charge in [-0.05, 0) is 18.7 Å². The SMILES string of the molecule is CCNCC(=O)NCc1ccco1. The van der Waals surface area contributed by atoms with Crippen LogP contribution in [-0.4, -0.2) is 19.0 Å². The Kier molecular flexibility index (Phi) is 4.05. The first-order valence-corrected chi connectivity index (χ1v) is 4.32. The molecule has 1 rings (SSSR count). The van der Waals surface area contributed by atoms with E-state index in [0.29, 0.717) is 13.1 Å². The molecule has 0 aliphatic carbocycles.